The second kappa shape index (κ2) is 4.30. The number of nitrogens with one attached hydrogen (secondary N) is 1. The topological polar surface area (TPSA) is 62.3 Å². The van der Waals surface area contributed by atoms with Gasteiger partial charge >= 0.3 is 0 Å². The van der Waals surface area contributed by atoms with Crippen molar-refractivity contribution in [1.29, 1.82) is 0 Å². The molecule has 104 valence electrons. The van der Waals surface area contributed by atoms with Crippen LogP contribution < -0.4 is 10.2 Å². The Morgan fingerprint density at radius 2 is 2.00 bits per heavy atom. The summed E-state index contributed by atoms with van der Waals surface area (Å²) in [7, 11) is 0. The number of hydrogen-bond acceptors (Lipinski definition) is 4. The molecule has 4 rings (SSSR count). The molecule has 5 nitrogen and oxygen atoms in total. The van der Waals surface area contributed by atoms with Crippen LogP contribution in [0.2, 0.25) is 0 Å². The minimum Gasteiger partial charge on any atom is -0.356 e. The summed E-state index contributed by atoms with van der Waals surface area (Å²) in [5.41, 5.74) is 0.906. The number of rotatable bonds is 2. The van der Waals surface area contributed by atoms with E-state index in [1.807, 2.05) is 12.1 Å². The van der Waals surface area contributed by atoms with Crippen LogP contribution in [0, 0.1) is 11.8 Å². The van der Waals surface area contributed by atoms with Gasteiger partial charge in [0.05, 0.1) is 5.92 Å². The zero-order chi connectivity index (χ0) is 13.7. The van der Waals surface area contributed by atoms with E-state index in [1.54, 1.807) is 6.20 Å². The lowest BCUT2D eigenvalue weighted by molar-refractivity contribution is -0.134. The highest BCUT2D eigenvalue weighted by atomic mass is 16.2. The van der Waals surface area contributed by atoms with E-state index in [4.69, 9.17) is 0 Å². The number of imide groups is 1. The first-order valence-electron chi connectivity index (χ1n) is 7.25. The summed E-state index contributed by atoms with van der Waals surface area (Å²) in [4.78, 5) is 29.8. The number of nitrogens with zero attached hydrogens (tertiary/aromatic N) is 2. The third-order valence-electron chi connectivity index (χ3n) is 4.72. The van der Waals surface area contributed by atoms with Crippen molar-refractivity contribution in [2.24, 2.45) is 11.8 Å². The average Bonchev–Trinajstić information content (AvgIpc) is 3.06. The van der Waals surface area contributed by atoms with Gasteiger partial charge in [-0.15, -0.1) is 0 Å². The minimum atomic E-state index is -0.235. The van der Waals surface area contributed by atoms with Gasteiger partial charge < -0.3 is 4.90 Å². The summed E-state index contributed by atoms with van der Waals surface area (Å²) in [6.07, 6.45) is 4.16. The second-order valence-corrected chi connectivity index (χ2v) is 6.11. The molecule has 1 aromatic heterocycles. The van der Waals surface area contributed by atoms with Gasteiger partial charge in [0.1, 0.15) is 5.82 Å². The van der Waals surface area contributed by atoms with Crippen LogP contribution >= 0.6 is 0 Å². The fraction of sp³-hybridized carbons (Fsp3) is 0.533. The van der Waals surface area contributed by atoms with Crippen LogP contribution in [0.25, 0.3) is 0 Å². The smallest absolute Gasteiger partial charge is 0.234 e. The summed E-state index contributed by atoms with van der Waals surface area (Å²) in [6, 6.07) is 3.98. The van der Waals surface area contributed by atoms with E-state index in [9.17, 15) is 9.59 Å². The minimum absolute atomic E-state index is 0.174. The van der Waals surface area contributed by atoms with Gasteiger partial charge in [0, 0.05) is 25.7 Å². The van der Waals surface area contributed by atoms with Crippen LogP contribution in [0.1, 0.15) is 30.7 Å². The van der Waals surface area contributed by atoms with Crippen molar-refractivity contribution >= 4 is 17.6 Å². The molecule has 2 saturated heterocycles. The summed E-state index contributed by atoms with van der Waals surface area (Å²) < 4.78 is 0. The Morgan fingerprint density at radius 1 is 1.20 bits per heavy atom. The Balaban J connectivity index is 1.49. The molecule has 3 heterocycles. The molecule has 0 radical (unpaired) electrons. The molecule has 0 aromatic carbocycles. The Hall–Kier alpha value is -1.91. The van der Waals surface area contributed by atoms with Gasteiger partial charge in [0.25, 0.3) is 0 Å². The molecule has 1 aliphatic carbocycles. The number of carbonyl (C=O) groups excluding carboxylic acids is 2. The van der Waals surface area contributed by atoms with Crippen LogP contribution in [0.3, 0.4) is 0 Å². The summed E-state index contributed by atoms with van der Waals surface area (Å²) in [6.45, 7) is 2.24. The van der Waals surface area contributed by atoms with Gasteiger partial charge in [-0.3, -0.25) is 14.9 Å². The Kier molecular flexibility index (Phi) is 2.55. The molecular formula is C15H17N3O2. The molecule has 3 aliphatic rings. The molecule has 1 N–H and O–H groups in total. The maximum Gasteiger partial charge on any atom is 0.234 e. The number of pyridine rings is 1. The fourth-order valence-corrected chi connectivity index (χ4v) is 3.39. The van der Waals surface area contributed by atoms with E-state index in [0.29, 0.717) is 12.8 Å². The largest absolute Gasteiger partial charge is 0.356 e. The zero-order valence-electron chi connectivity index (χ0n) is 11.2. The number of anilines is 1. The fourth-order valence-electron chi connectivity index (χ4n) is 3.39. The molecule has 2 unspecified atom stereocenters. The molecule has 1 saturated carbocycles. The number of amides is 2. The molecular weight excluding hydrogens is 254 g/mol. The van der Waals surface area contributed by atoms with Crippen molar-refractivity contribution < 1.29 is 9.59 Å². The first kappa shape index (κ1) is 11.9. The van der Waals surface area contributed by atoms with Crippen molar-refractivity contribution in [2.75, 3.05) is 18.0 Å². The molecule has 1 aromatic rings. The van der Waals surface area contributed by atoms with Crippen LogP contribution in [-0.4, -0.2) is 29.9 Å². The van der Waals surface area contributed by atoms with E-state index in [0.717, 1.165) is 36.3 Å². The quantitative estimate of drug-likeness (QED) is 0.817. The first-order chi connectivity index (χ1) is 9.70. The number of carbonyl (C=O) groups is 2. The van der Waals surface area contributed by atoms with Gasteiger partial charge in [0.2, 0.25) is 11.8 Å². The molecule has 5 heteroatoms. The van der Waals surface area contributed by atoms with Crippen molar-refractivity contribution in [3.8, 4) is 0 Å². The molecule has 0 spiro atoms. The van der Waals surface area contributed by atoms with Crippen molar-refractivity contribution in [2.45, 2.75) is 25.2 Å². The Bertz CT molecular complexity index is 559. The van der Waals surface area contributed by atoms with Crippen LogP contribution in [0.4, 0.5) is 5.82 Å². The third kappa shape index (κ3) is 1.97. The highest BCUT2D eigenvalue weighted by Crippen LogP contribution is 2.45. The van der Waals surface area contributed by atoms with Crippen LogP contribution in [0.5, 0.6) is 0 Å². The lowest BCUT2D eigenvalue weighted by atomic mass is 9.92. The monoisotopic (exact) mass is 271 g/mol. The first-order valence-corrected chi connectivity index (χ1v) is 7.25. The number of hydrogen-bond donors (Lipinski definition) is 1. The van der Waals surface area contributed by atoms with Gasteiger partial charge in [0.15, 0.2) is 0 Å². The maximum atomic E-state index is 11.8. The van der Waals surface area contributed by atoms with Crippen LogP contribution in [0.15, 0.2) is 18.3 Å². The summed E-state index contributed by atoms with van der Waals surface area (Å²) in [5.74, 6) is 2.16. The predicted octanol–water partition coefficient (Wildman–Crippen LogP) is 1.06. The molecule has 3 atom stereocenters. The van der Waals surface area contributed by atoms with E-state index in [1.165, 1.54) is 6.42 Å². The van der Waals surface area contributed by atoms with Crippen molar-refractivity contribution in [1.82, 2.24) is 10.3 Å². The van der Waals surface area contributed by atoms with E-state index >= 15 is 0 Å². The highest BCUT2D eigenvalue weighted by molar-refractivity contribution is 6.00. The second-order valence-electron chi connectivity index (χ2n) is 6.11. The lowest BCUT2D eigenvalue weighted by Gasteiger charge is -2.22. The van der Waals surface area contributed by atoms with Crippen molar-refractivity contribution in [3.63, 3.8) is 0 Å². The highest BCUT2D eigenvalue weighted by Gasteiger charge is 2.45. The van der Waals surface area contributed by atoms with Gasteiger partial charge in [-0.1, -0.05) is 6.07 Å². The molecule has 0 bridgehead atoms. The molecule has 2 aliphatic heterocycles. The lowest BCUT2D eigenvalue weighted by Crippen LogP contribution is -2.39. The van der Waals surface area contributed by atoms with E-state index < -0.39 is 0 Å². The zero-order valence-corrected chi connectivity index (χ0v) is 11.2. The maximum absolute atomic E-state index is 11.8. The number of piperidine rings is 2. The Morgan fingerprint density at radius 3 is 2.65 bits per heavy atom. The van der Waals surface area contributed by atoms with Gasteiger partial charge in [-0.25, -0.2) is 4.98 Å². The van der Waals surface area contributed by atoms with Crippen LogP contribution in [-0.2, 0) is 9.59 Å². The van der Waals surface area contributed by atoms with Gasteiger partial charge in [-0.05, 0) is 36.3 Å². The molecule has 2 amide bonds. The third-order valence-corrected chi connectivity index (χ3v) is 4.72. The molecule has 3 fully saturated rings. The number of aromatic nitrogens is 1. The van der Waals surface area contributed by atoms with E-state index in [2.05, 4.69) is 15.2 Å². The summed E-state index contributed by atoms with van der Waals surface area (Å²) in [5, 5.41) is 2.39. The normalized spacial score (nSPS) is 32.0. The Labute approximate surface area is 117 Å². The standard InChI is InChI=1S/C15H17N3O2/c19-14-4-2-12(15(20)17-14)9-1-3-13(16-6-9)18-7-10-5-11(10)8-18/h1,3,6,10-12H,2,4-5,7-8H2,(H,17,19,20)/t10?,11?,12-/m1/s1. The molecule has 20 heavy (non-hydrogen) atoms. The van der Waals surface area contributed by atoms with E-state index in [-0.39, 0.29) is 17.7 Å². The SMILES string of the molecule is O=C1CC[C@H](c2ccc(N3CC4CC4C3)nc2)C(=O)N1. The summed E-state index contributed by atoms with van der Waals surface area (Å²) >= 11 is 0. The van der Waals surface area contributed by atoms with Gasteiger partial charge in [-0.2, -0.15) is 0 Å². The average molecular weight is 271 g/mol. The predicted molar refractivity (Wildman–Crippen MR) is 73.2 cm³/mol. The number of fused-ring (bicyclic) bond motifs is 1. The van der Waals surface area contributed by atoms with Crippen molar-refractivity contribution in [3.05, 3.63) is 23.9 Å².